The highest BCUT2D eigenvalue weighted by Crippen LogP contribution is 2.35. The molecule has 5 fully saturated rings. The predicted molar refractivity (Wildman–Crippen MR) is 209 cm³/mol. The maximum Gasteiger partial charge on any atom is 0.217 e. The summed E-state index contributed by atoms with van der Waals surface area (Å²) in [5.41, 5.74) is 0. The standard InChI is InChI=1S/C38H65NO29/c1-9-18(46)24(52)28(56)35(59-9)64-16(8-44)32(67-38-33(27(55)22(50)14(6-42)63-38)68-36-29(57)25(53)19(47)10(2)60-36)31(15(7-43)65-37-30(58)26(54)21(49)13(5-41)62-37)66-34-17(39-11(3)45)23(51)20(48)12(4-40)61-34/h7,9-10,12-38,40-42,44,46-58H,4-6,8H2,1-3H3,(H,39,45)/t9-,10-,12+,13+,14+,15-,16+,17+,18+,19+,20+,21-,22-,23+,24+,25+,26-,27-,28-,29-,30+,31+,32+,33+,34+,35-,36-,37+,38+/m0/s1. The topological polar surface area (TPSA) is 482 Å². The summed E-state index contributed by atoms with van der Waals surface area (Å²) < 4.78 is 58.1. The molecule has 0 unspecified atom stereocenters. The molecule has 5 heterocycles. The number of hydrogen-bond acceptors (Lipinski definition) is 29. The van der Waals surface area contributed by atoms with Crippen molar-refractivity contribution in [3.63, 3.8) is 0 Å². The number of ether oxygens (including phenoxy) is 10. The number of aliphatic hydroxyl groups is 17. The van der Waals surface area contributed by atoms with E-state index in [2.05, 4.69) is 5.32 Å². The first kappa shape index (κ1) is 57.0. The van der Waals surface area contributed by atoms with Crippen LogP contribution in [0, 0.1) is 0 Å². The summed E-state index contributed by atoms with van der Waals surface area (Å²) in [6.07, 6.45) is -56.2. The molecule has 68 heavy (non-hydrogen) atoms. The van der Waals surface area contributed by atoms with Crippen LogP contribution >= 0.6 is 0 Å². The number of hydrogen-bond donors (Lipinski definition) is 18. The van der Waals surface area contributed by atoms with Gasteiger partial charge in [0.1, 0.15) is 134 Å². The summed E-state index contributed by atoms with van der Waals surface area (Å²) in [4.78, 5) is 25.9. The number of carbonyl (C=O) groups is 2. The van der Waals surface area contributed by atoms with Gasteiger partial charge in [0.05, 0.1) is 38.6 Å². The van der Waals surface area contributed by atoms with E-state index in [9.17, 15) is 96.4 Å². The second-order valence-corrected chi connectivity index (χ2v) is 17.1. The van der Waals surface area contributed by atoms with Gasteiger partial charge in [-0.15, -0.1) is 0 Å². The molecule has 0 aromatic heterocycles. The van der Waals surface area contributed by atoms with E-state index in [-0.39, 0.29) is 6.29 Å². The largest absolute Gasteiger partial charge is 0.394 e. The Morgan fingerprint density at radius 1 is 0.500 bits per heavy atom. The fourth-order valence-electron chi connectivity index (χ4n) is 8.25. The lowest BCUT2D eigenvalue weighted by molar-refractivity contribution is -0.388. The zero-order valence-corrected chi connectivity index (χ0v) is 36.7. The number of aliphatic hydroxyl groups excluding tert-OH is 17. The third kappa shape index (κ3) is 12.3. The molecule has 5 rings (SSSR count). The van der Waals surface area contributed by atoms with Crippen LogP contribution in [0.3, 0.4) is 0 Å². The Kier molecular flexibility index (Phi) is 20.7. The minimum Gasteiger partial charge on any atom is -0.394 e. The minimum absolute atomic E-state index is 0.0821. The van der Waals surface area contributed by atoms with E-state index in [1.807, 2.05) is 0 Å². The lowest BCUT2D eigenvalue weighted by atomic mass is 9.95. The molecule has 30 nitrogen and oxygen atoms in total. The summed E-state index contributed by atoms with van der Waals surface area (Å²) in [7, 11) is 0. The van der Waals surface area contributed by atoms with E-state index < -0.39 is 210 Å². The molecule has 0 saturated carbocycles. The number of nitrogens with one attached hydrogen (secondary N) is 1. The average Bonchev–Trinajstić information content (AvgIpc) is 3.31. The number of carbonyl (C=O) groups excluding carboxylic acids is 2. The zero-order chi connectivity index (χ0) is 50.6. The molecule has 0 bridgehead atoms. The van der Waals surface area contributed by atoms with Gasteiger partial charge in [0.25, 0.3) is 0 Å². The fourth-order valence-corrected chi connectivity index (χ4v) is 8.25. The van der Waals surface area contributed by atoms with E-state index >= 15 is 0 Å². The van der Waals surface area contributed by atoms with Crippen molar-refractivity contribution in [1.29, 1.82) is 0 Å². The molecule has 0 aromatic carbocycles. The number of aldehydes is 1. The molecule has 0 radical (unpaired) electrons. The maximum atomic E-state index is 13.4. The summed E-state index contributed by atoms with van der Waals surface area (Å²) in [6.45, 7) is -0.963. The highest BCUT2D eigenvalue weighted by atomic mass is 16.8. The van der Waals surface area contributed by atoms with Gasteiger partial charge in [0.15, 0.2) is 37.7 Å². The van der Waals surface area contributed by atoms with Crippen LogP contribution in [-0.2, 0) is 57.0 Å². The van der Waals surface area contributed by atoms with Crippen molar-refractivity contribution in [3.05, 3.63) is 0 Å². The smallest absolute Gasteiger partial charge is 0.217 e. The molecular weight excluding hydrogens is 934 g/mol. The van der Waals surface area contributed by atoms with E-state index in [1.54, 1.807) is 0 Å². The summed E-state index contributed by atoms with van der Waals surface area (Å²) >= 11 is 0. The monoisotopic (exact) mass is 999 g/mol. The van der Waals surface area contributed by atoms with Crippen LogP contribution in [0.25, 0.3) is 0 Å². The van der Waals surface area contributed by atoms with Crippen molar-refractivity contribution >= 4 is 12.2 Å². The Labute approximate surface area is 386 Å². The molecule has 5 aliphatic rings. The second-order valence-electron chi connectivity index (χ2n) is 17.1. The van der Waals surface area contributed by atoms with Crippen LogP contribution in [0.2, 0.25) is 0 Å². The van der Waals surface area contributed by atoms with Gasteiger partial charge >= 0.3 is 0 Å². The SMILES string of the molecule is CC(=O)N[C@H]1[C@@H](O[C@@H]([C@H](O[C@H]2O[C@H](CO)[C@H](O)[C@H](O)[C@H]2O[C@@H]2O[C@@H](C)[C@@H](O)[C@@H](O)[C@@H]2O)[C@@H](CO)O[C@@H]2O[C@@H](C)[C@@H](O)[C@@H](O)[C@@H]2O)[C@H](C=O)O[C@H]2O[C@H](CO)[C@H](O)[C@H](O)[C@H]2O)O[C@H](CO)[C@@H](O)[C@@H]1O. The normalized spacial score (nSPS) is 47.7. The first-order chi connectivity index (χ1) is 32.0. The Hall–Kier alpha value is -1.94. The van der Waals surface area contributed by atoms with Crippen molar-refractivity contribution in [3.8, 4) is 0 Å². The van der Waals surface area contributed by atoms with Gasteiger partial charge in [0, 0.05) is 6.92 Å². The molecule has 0 spiro atoms. The van der Waals surface area contributed by atoms with Crippen LogP contribution in [-0.4, -0.2) is 303 Å². The molecule has 5 aliphatic heterocycles. The van der Waals surface area contributed by atoms with Gasteiger partial charge in [-0.25, -0.2) is 0 Å². The Morgan fingerprint density at radius 2 is 0.926 bits per heavy atom. The summed E-state index contributed by atoms with van der Waals surface area (Å²) in [5.74, 6) is -0.887. The molecule has 0 aromatic rings. The van der Waals surface area contributed by atoms with Crippen molar-refractivity contribution in [2.24, 2.45) is 0 Å². The van der Waals surface area contributed by atoms with Crippen LogP contribution in [0.15, 0.2) is 0 Å². The Morgan fingerprint density at radius 3 is 1.43 bits per heavy atom. The van der Waals surface area contributed by atoms with Crippen molar-refractivity contribution in [2.45, 2.75) is 199 Å². The molecule has 0 aliphatic carbocycles. The molecule has 396 valence electrons. The maximum absolute atomic E-state index is 13.4. The minimum atomic E-state index is -2.43. The summed E-state index contributed by atoms with van der Waals surface area (Å²) in [5, 5.41) is 184. The first-order valence-corrected chi connectivity index (χ1v) is 21.6. The molecule has 5 saturated heterocycles. The highest BCUT2D eigenvalue weighted by Gasteiger charge is 2.56. The van der Waals surface area contributed by atoms with Crippen molar-refractivity contribution in [2.75, 3.05) is 26.4 Å². The van der Waals surface area contributed by atoms with Crippen molar-refractivity contribution < 1.29 is 144 Å². The Balaban J connectivity index is 1.69. The lowest BCUT2D eigenvalue weighted by Gasteiger charge is -2.49. The zero-order valence-electron chi connectivity index (χ0n) is 36.7. The van der Waals surface area contributed by atoms with Crippen LogP contribution < -0.4 is 5.32 Å². The molecule has 30 heteroatoms. The van der Waals surface area contributed by atoms with Gasteiger partial charge in [0.2, 0.25) is 5.91 Å². The third-order valence-electron chi connectivity index (χ3n) is 12.3. The Bertz CT molecular complexity index is 1570. The van der Waals surface area contributed by atoms with Gasteiger partial charge in [-0.3, -0.25) is 4.79 Å². The molecule has 1 amide bonds. The number of amides is 1. The van der Waals surface area contributed by atoms with Crippen LogP contribution in [0.1, 0.15) is 20.8 Å². The van der Waals surface area contributed by atoms with Crippen molar-refractivity contribution in [1.82, 2.24) is 5.32 Å². The van der Waals surface area contributed by atoms with E-state index in [0.717, 1.165) is 6.92 Å². The average molecular weight is 1000 g/mol. The van der Waals surface area contributed by atoms with Crippen LogP contribution in [0.4, 0.5) is 0 Å². The lowest BCUT2D eigenvalue weighted by Crippen LogP contribution is -2.68. The van der Waals surface area contributed by atoms with Gasteiger partial charge in [-0.2, -0.15) is 0 Å². The van der Waals surface area contributed by atoms with Gasteiger partial charge < -0.3 is 144 Å². The fraction of sp³-hybridized carbons (Fsp3) is 0.947. The highest BCUT2D eigenvalue weighted by molar-refractivity contribution is 5.73. The summed E-state index contributed by atoms with van der Waals surface area (Å²) in [6, 6.07) is -1.85. The van der Waals surface area contributed by atoms with Crippen LogP contribution in [0.5, 0.6) is 0 Å². The third-order valence-corrected chi connectivity index (χ3v) is 12.3. The molecule has 29 atom stereocenters. The predicted octanol–water partition coefficient (Wildman–Crippen LogP) is -12.1. The van der Waals surface area contributed by atoms with E-state index in [1.165, 1.54) is 13.8 Å². The molecular formula is C38H65NO29. The first-order valence-electron chi connectivity index (χ1n) is 21.6. The van der Waals surface area contributed by atoms with Gasteiger partial charge in [-0.1, -0.05) is 0 Å². The van der Waals surface area contributed by atoms with E-state index in [0.29, 0.717) is 0 Å². The quantitative estimate of drug-likeness (QED) is 0.0534. The number of rotatable bonds is 19. The molecule has 18 N–H and O–H groups in total. The van der Waals surface area contributed by atoms with Gasteiger partial charge in [-0.05, 0) is 13.8 Å². The second kappa shape index (κ2) is 24.7. The van der Waals surface area contributed by atoms with E-state index in [4.69, 9.17) is 47.4 Å².